The highest BCUT2D eigenvalue weighted by Crippen LogP contribution is 2.40. The minimum atomic E-state index is 0.169. The summed E-state index contributed by atoms with van der Waals surface area (Å²) >= 11 is 0. The molecule has 0 spiro atoms. The Balaban J connectivity index is 1.68. The molecule has 2 heterocycles. The van der Waals surface area contributed by atoms with Gasteiger partial charge >= 0.3 is 0 Å². The Morgan fingerprint density at radius 1 is 1.15 bits per heavy atom. The van der Waals surface area contributed by atoms with Crippen LogP contribution in [0.4, 0.5) is 0 Å². The lowest BCUT2D eigenvalue weighted by Gasteiger charge is -2.30. The molecule has 0 fully saturated rings. The number of H-pyrrole nitrogens is 1. The average molecular weight is 439 g/mol. The predicted molar refractivity (Wildman–Crippen MR) is 133 cm³/mol. The van der Waals surface area contributed by atoms with E-state index in [-0.39, 0.29) is 5.92 Å². The van der Waals surface area contributed by atoms with E-state index in [0.717, 1.165) is 52.9 Å². The van der Waals surface area contributed by atoms with Crippen molar-refractivity contribution in [3.8, 4) is 0 Å². The van der Waals surface area contributed by atoms with Crippen LogP contribution in [0.1, 0.15) is 58.1 Å². The predicted octanol–water partition coefficient (Wildman–Crippen LogP) is 4.36. The quantitative estimate of drug-likeness (QED) is 0.319. The summed E-state index contributed by atoms with van der Waals surface area (Å²) in [5.74, 6) is 1.58. The molecular weight excluding hydrogens is 408 g/mol. The first-order valence-corrected chi connectivity index (χ1v) is 11.5. The average Bonchev–Trinajstić information content (AvgIpc) is 3.25. The maximum Gasteiger partial charge on any atom is 0.127 e. The first-order chi connectivity index (χ1) is 16.1. The molecule has 33 heavy (non-hydrogen) atoms. The van der Waals surface area contributed by atoms with Crippen LogP contribution in [0.3, 0.4) is 0 Å². The van der Waals surface area contributed by atoms with Gasteiger partial charge in [0.15, 0.2) is 0 Å². The van der Waals surface area contributed by atoms with Crippen molar-refractivity contribution in [1.29, 1.82) is 5.41 Å². The lowest BCUT2D eigenvalue weighted by Crippen LogP contribution is -2.26. The number of nitrogens with one attached hydrogen (secondary N) is 2. The molecule has 2 aromatic carbocycles. The first kappa shape index (κ1) is 21.3. The molecule has 5 rings (SSSR count). The Bertz CT molecular complexity index is 1290. The van der Waals surface area contributed by atoms with Gasteiger partial charge in [0.1, 0.15) is 11.7 Å². The summed E-state index contributed by atoms with van der Waals surface area (Å²) < 4.78 is 0. The fourth-order valence-corrected chi connectivity index (χ4v) is 5.14. The summed E-state index contributed by atoms with van der Waals surface area (Å²) in [5, 5.41) is 8.69. The fourth-order valence-electron chi connectivity index (χ4n) is 5.14. The first-order valence-electron chi connectivity index (χ1n) is 11.5. The van der Waals surface area contributed by atoms with E-state index >= 15 is 0 Å². The number of nitrogens with zero attached hydrogens (tertiary/aromatic N) is 3. The summed E-state index contributed by atoms with van der Waals surface area (Å²) in [7, 11) is 3.81. The van der Waals surface area contributed by atoms with E-state index in [9.17, 15) is 0 Å². The molecule has 4 aromatic rings. The van der Waals surface area contributed by atoms with Crippen molar-refractivity contribution in [2.75, 3.05) is 14.1 Å². The number of benzene rings is 2. The Hall–Kier alpha value is -3.51. The molecular formula is C27H30N6. The maximum absolute atomic E-state index is 8.69. The summed E-state index contributed by atoms with van der Waals surface area (Å²) in [6.07, 6.45) is 5.79. The van der Waals surface area contributed by atoms with Crippen molar-refractivity contribution in [2.45, 2.75) is 38.1 Å². The number of hydrogen-bond donors (Lipinski definition) is 3. The van der Waals surface area contributed by atoms with Gasteiger partial charge < -0.3 is 15.6 Å². The van der Waals surface area contributed by atoms with Crippen LogP contribution >= 0.6 is 0 Å². The Kier molecular flexibility index (Phi) is 5.68. The number of aromatic amines is 1. The number of hydrogen-bond acceptors (Lipinski definition) is 4. The normalized spacial score (nSPS) is 15.4. The van der Waals surface area contributed by atoms with Crippen molar-refractivity contribution in [1.82, 2.24) is 19.9 Å². The summed E-state index contributed by atoms with van der Waals surface area (Å²) in [6.45, 7) is 0.382. The molecule has 0 radical (unpaired) electrons. The second-order valence-electron chi connectivity index (χ2n) is 8.98. The molecule has 2 aromatic heterocycles. The fraction of sp³-hybridized carbons (Fsp3) is 0.296. The number of amidine groups is 1. The Morgan fingerprint density at radius 3 is 2.79 bits per heavy atom. The van der Waals surface area contributed by atoms with Crippen LogP contribution in [0.25, 0.3) is 11.0 Å². The topological polar surface area (TPSA) is 94.7 Å². The van der Waals surface area contributed by atoms with Gasteiger partial charge in [-0.25, -0.2) is 4.98 Å². The van der Waals surface area contributed by atoms with E-state index in [4.69, 9.17) is 21.1 Å². The molecule has 0 bridgehead atoms. The van der Waals surface area contributed by atoms with Crippen LogP contribution in [0, 0.1) is 5.41 Å². The number of fused-ring (bicyclic) bond motifs is 2. The molecule has 4 N–H and O–H groups in total. The molecule has 168 valence electrons. The zero-order valence-corrected chi connectivity index (χ0v) is 19.2. The van der Waals surface area contributed by atoms with E-state index in [0.29, 0.717) is 18.8 Å². The lowest BCUT2D eigenvalue weighted by molar-refractivity contribution is 0.589. The number of para-hydroxylation sites is 2. The molecule has 0 amide bonds. The molecule has 0 saturated carbocycles. The van der Waals surface area contributed by atoms with Crippen molar-refractivity contribution in [3.05, 3.63) is 94.1 Å². The Labute approximate surface area is 194 Å². The third-order valence-corrected chi connectivity index (χ3v) is 6.69. The van der Waals surface area contributed by atoms with Crippen LogP contribution in [0.5, 0.6) is 0 Å². The number of nitrogens with two attached hydrogens (primary N) is 1. The zero-order valence-electron chi connectivity index (χ0n) is 19.2. The highest BCUT2D eigenvalue weighted by Gasteiger charge is 2.29. The number of pyridine rings is 1. The van der Waals surface area contributed by atoms with Gasteiger partial charge in [0.2, 0.25) is 0 Å². The molecule has 0 saturated heterocycles. The SMILES string of the molecule is CN(C)C(=N)c1ccc(Cc2nc3ccccc3[nH]2)c(C2CCCc3cccnc32)c1CN. The van der Waals surface area contributed by atoms with E-state index in [2.05, 4.69) is 23.2 Å². The third kappa shape index (κ3) is 3.91. The molecule has 1 atom stereocenters. The van der Waals surface area contributed by atoms with Crippen LogP contribution in [0.2, 0.25) is 0 Å². The van der Waals surface area contributed by atoms with E-state index in [1.807, 2.05) is 55.5 Å². The minimum absolute atomic E-state index is 0.169. The number of imidazole rings is 1. The number of aryl methyl sites for hydroxylation is 1. The molecule has 1 unspecified atom stereocenters. The van der Waals surface area contributed by atoms with Crippen molar-refractivity contribution < 1.29 is 0 Å². The van der Waals surface area contributed by atoms with Crippen LogP contribution in [-0.2, 0) is 19.4 Å². The highest BCUT2D eigenvalue weighted by molar-refractivity contribution is 5.98. The van der Waals surface area contributed by atoms with Crippen molar-refractivity contribution in [2.24, 2.45) is 5.73 Å². The van der Waals surface area contributed by atoms with Crippen molar-refractivity contribution in [3.63, 3.8) is 0 Å². The third-order valence-electron chi connectivity index (χ3n) is 6.69. The second-order valence-corrected chi connectivity index (χ2v) is 8.98. The molecule has 6 nitrogen and oxygen atoms in total. The number of rotatable bonds is 5. The number of aromatic nitrogens is 3. The van der Waals surface area contributed by atoms with E-state index in [1.165, 1.54) is 16.7 Å². The van der Waals surface area contributed by atoms with Gasteiger partial charge in [-0.1, -0.05) is 30.3 Å². The standard InChI is InChI=1S/C27H30N6/c1-33(2)27(29)19-13-12-18(15-24-31-22-10-3-4-11-23(22)32-24)25(21(19)16-28)20-9-5-7-17-8-6-14-30-26(17)20/h3-4,6,8,10-14,20,29H,5,7,9,15-16,28H2,1-2H3,(H,31,32). The van der Waals surface area contributed by atoms with Gasteiger partial charge in [0, 0.05) is 44.7 Å². The van der Waals surface area contributed by atoms with Gasteiger partial charge in [-0.05, 0) is 59.7 Å². The highest BCUT2D eigenvalue weighted by atomic mass is 15.1. The van der Waals surface area contributed by atoms with Crippen molar-refractivity contribution >= 4 is 16.9 Å². The second kappa shape index (κ2) is 8.79. The molecule has 1 aliphatic rings. The summed E-state index contributed by atoms with van der Waals surface area (Å²) in [6, 6.07) is 16.6. The van der Waals surface area contributed by atoms with Gasteiger partial charge in [-0.15, -0.1) is 0 Å². The van der Waals surface area contributed by atoms with Gasteiger partial charge in [-0.3, -0.25) is 10.4 Å². The van der Waals surface area contributed by atoms with E-state index < -0.39 is 0 Å². The van der Waals surface area contributed by atoms with Crippen LogP contribution in [0.15, 0.2) is 54.7 Å². The largest absolute Gasteiger partial charge is 0.363 e. The molecule has 0 aliphatic heterocycles. The smallest absolute Gasteiger partial charge is 0.127 e. The monoisotopic (exact) mass is 438 g/mol. The summed E-state index contributed by atoms with van der Waals surface area (Å²) in [4.78, 5) is 15.0. The lowest BCUT2D eigenvalue weighted by atomic mass is 9.76. The molecule has 1 aliphatic carbocycles. The maximum atomic E-state index is 8.69. The van der Waals surface area contributed by atoms with E-state index in [1.54, 1.807) is 0 Å². The molecule has 6 heteroatoms. The minimum Gasteiger partial charge on any atom is -0.363 e. The van der Waals surface area contributed by atoms with Gasteiger partial charge in [0.05, 0.1) is 16.7 Å². The van der Waals surface area contributed by atoms with Crippen LogP contribution in [-0.4, -0.2) is 39.8 Å². The Morgan fingerprint density at radius 2 is 2.00 bits per heavy atom. The zero-order chi connectivity index (χ0) is 22.9. The van der Waals surface area contributed by atoms with Gasteiger partial charge in [-0.2, -0.15) is 0 Å². The van der Waals surface area contributed by atoms with Gasteiger partial charge in [0.25, 0.3) is 0 Å². The summed E-state index contributed by atoms with van der Waals surface area (Å²) in [5.41, 5.74) is 15.2. The van der Waals surface area contributed by atoms with Crippen LogP contribution < -0.4 is 5.73 Å².